The van der Waals surface area contributed by atoms with Crippen LogP contribution in [0.25, 0.3) is 10.9 Å². The first-order valence-corrected chi connectivity index (χ1v) is 20.6. The maximum Gasteiger partial charge on any atom is 0.264 e. The molecule has 0 radical (unpaired) electrons. The number of rotatable bonds is 10. The van der Waals surface area contributed by atoms with Crippen molar-refractivity contribution in [3.8, 4) is 5.75 Å². The van der Waals surface area contributed by atoms with Gasteiger partial charge in [0, 0.05) is 46.4 Å². The minimum absolute atomic E-state index is 0.0690. The normalized spacial score (nSPS) is 24.5. The van der Waals surface area contributed by atoms with Crippen LogP contribution in [0.5, 0.6) is 5.75 Å². The van der Waals surface area contributed by atoms with E-state index in [0.29, 0.717) is 29.2 Å². The minimum atomic E-state index is -3.50. The number of amides is 3. The van der Waals surface area contributed by atoms with E-state index in [-0.39, 0.29) is 49.8 Å². The molecular weight excluding hydrogens is 668 g/mol. The van der Waals surface area contributed by atoms with Crippen LogP contribution in [0, 0.1) is 5.92 Å². The number of carbonyl (C=O) groups is 3. The van der Waals surface area contributed by atoms with Gasteiger partial charge in [-0.25, -0.2) is 0 Å². The van der Waals surface area contributed by atoms with Crippen LogP contribution in [-0.2, 0) is 37.7 Å². The first-order chi connectivity index (χ1) is 24.4. The summed E-state index contributed by atoms with van der Waals surface area (Å²) in [7, 11) is -1.94. The Hall–Kier alpha value is -4.52. The zero-order valence-corrected chi connectivity index (χ0v) is 30.4. The molecule has 0 unspecified atom stereocenters. The van der Waals surface area contributed by atoms with E-state index in [2.05, 4.69) is 10.3 Å². The number of benzene rings is 3. The summed E-state index contributed by atoms with van der Waals surface area (Å²) in [6, 6.07) is 20.4. The Labute approximate surface area is 298 Å². The molecule has 3 aromatic carbocycles. The summed E-state index contributed by atoms with van der Waals surface area (Å²) < 4.78 is 28.7. The van der Waals surface area contributed by atoms with Gasteiger partial charge in [0.25, 0.3) is 5.91 Å². The van der Waals surface area contributed by atoms with Crippen molar-refractivity contribution in [2.24, 2.45) is 5.92 Å². The molecule has 0 aliphatic carbocycles. The van der Waals surface area contributed by atoms with Crippen molar-refractivity contribution in [1.82, 2.24) is 9.88 Å². The number of hydrogen-bond donors (Lipinski definition) is 3. The maximum atomic E-state index is 16.3. The number of nitrogens with one attached hydrogen (secondary N) is 2. The van der Waals surface area contributed by atoms with Crippen LogP contribution in [0.15, 0.2) is 72.9 Å². The molecule has 0 saturated carbocycles. The number of carbonyl (C=O) groups excluding carboxylic acids is 3. The van der Waals surface area contributed by atoms with Crippen LogP contribution in [0.1, 0.15) is 42.9 Å². The number of para-hydroxylation sites is 1. The second-order valence-electron chi connectivity index (χ2n) is 14.6. The molecule has 12 heteroatoms. The van der Waals surface area contributed by atoms with E-state index in [1.165, 1.54) is 0 Å². The molecule has 2 saturated heterocycles. The number of aromatic nitrogens is 1. The Morgan fingerprint density at radius 2 is 1.94 bits per heavy atom. The van der Waals surface area contributed by atoms with E-state index in [1.54, 1.807) is 42.1 Å². The Morgan fingerprint density at radius 1 is 1.14 bits per heavy atom. The van der Waals surface area contributed by atoms with Crippen molar-refractivity contribution < 1.29 is 33.1 Å². The summed E-state index contributed by atoms with van der Waals surface area (Å²) in [6.45, 7) is 5.68. The quantitative estimate of drug-likeness (QED) is 0.136. The number of H-pyrrole nitrogens is 1. The third kappa shape index (κ3) is 6.23. The smallest absolute Gasteiger partial charge is 0.264 e. The lowest BCUT2D eigenvalue weighted by Crippen LogP contribution is -2.45. The van der Waals surface area contributed by atoms with Crippen LogP contribution >= 0.6 is 0 Å². The lowest BCUT2D eigenvalue weighted by molar-refractivity contribution is -0.150. The molecule has 1 aromatic heterocycles. The van der Waals surface area contributed by atoms with Gasteiger partial charge in [0.15, 0.2) is 5.60 Å². The summed E-state index contributed by atoms with van der Waals surface area (Å²) in [5.41, 5.74) is 2.31. The van der Waals surface area contributed by atoms with Crippen molar-refractivity contribution in [2.45, 2.75) is 75.5 Å². The summed E-state index contributed by atoms with van der Waals surface area (Å²) in [5, 5.41) is 13.9. The third-order valence-electron chi connectivity index (χ3n) is 11.0. The molecule has 51 heavy (non-hydrogen) atoms. The van der Waals surface area contributed by atoms with Crippen LogP contribution in [0.2, 0.25) is 18.6 Å². The number of likely N-dealkylation sites (tertiary alicyclic amines) is 1. The number of halogens is 1. The highest BCUT2D eigenvalue weighted by molar-refractivity contribution is 6.72. The van der Waals surface area contributed by atoms with Crippen molar-refractivity contribution in [1.29, 1.82) is 0 Å². The van der Waals surface area contributed by atoms with E-state index in [9.17, 15) is 19.5 Å². The van der Waals surface area contributed by atoms with E-state index < -0.39 is 31.6 Å². The van der Waals surface area contributed by atoms with Crippen LogP contribution in [0.4, 0.5) is 15.5 Å². The number of hydrogen-bond acceptors (Lipinski definition) is 6. The second kappa shape index (κ2) is 13.6. The number of aliphatic hydroxyl groups is 1. The van der Waals surface area contributed by atoms with Crippen LogP contribution < -0.4 is 15.0 Å². The number of fused-ring (bicyclic) bond motifs is 3. The van der Waals surface area contributed by atoms with Crippen molar-refractivity contribution in [3.05, 3.63) is 89.6 Å². The number of aliphatic hydroxyl groups excluding tert-OH is 1. The van der Waals surface area contributed by atoms with Crippen molar-refractivity contribution >= 4 is 48.4 Å². The zero-order valence-electron chi connectivity index (χ0n) is 29.4. The summed E-state index contributed by atoms with van der Waals surface area (Å²) in [4.78, 5) is 48.1. The van der Waals surface area contributed by atoms with Gasteiger partial charge in [-0.15, -0.1) is 0 Å². The maximum absolute atomic E-state index is 16.3. The van der Waals surface area contributed by atoms with Gasteiger partial charge in [-0.2, -0.15) is 0 Å². The molecule has 7 rings (SSSR count). The summed E-state index contributed by atoms with van der Waals surface area (Å²) in [5.74, 6) is -0.718. The molecule has 3 aliphatic heterocycles. The number of nitrogens with zero attached hydrogens (tertiary/aromatic N) is 2. The number of ether oxygens (including phenoxy) is 2. The van der Waals surface area contributed by atoms with E-state index in [1.807, 2.05) is 67.7 Å². The highest BCUT2D eigenvalue weighted by Gasteiger charge is 2.67. The summed E-state index contributed by atoms with van der Waals surface area (Å²) in [6.07, 6.45) is 2.67. The van der Waals surface area contributed by atoms with Crippen LogP contribution in [0.3, 0.4) is 0 Å². The lowest BCUT2D eigenvalue weighted by Gasteiger charge is -2.31. The molecule has 3 aliphatic rings. The average Bonchev–Trinajstić information content (AvgIpc) is 3.86. The average molecular weight is 713 g/mol. The standard InChI is InChI=1S/C39H45FN4O6Si/c1-24-37(51(3,4)40)34(20-36(47)43-16-8-11-28(43)23-45)50-39(24)31-19-29(49-2)14-15-33(31)44(38(39)48)22-25-9-7-10-27(17-25)42-35(46)18-26-21-41-32-13-6-5-12-30(26)32/h5-7,9-10,12-15,17,19,21,24,28,34,37,41,45H,8,11,16,18,20,22-23H2,1-4H3,(H,42,46)/t24-,28+,34+,37-,39+/m1/s1. The molecule has 4 aromatic rings. The third-order valence-corrected chi connectivity index (χ3v) is 13.5. The predicted molar refractivity (Wildman–Crippen MR) is 196 cm³/mol. The van der Waals surface area contributed by atoms with Gasteiger partial charge >= 0.3 is 0 Å². The van der Waals surface area contributed by atoms with Gasteiger partial charge in [0.05, 0.1) is 50.9 Å². The van der Waals surface area contributed by atoms with Gasteiger partial charge in [-0.3, -0.25) is 14.4 Å². The Kier molecular flexibility index (Phi) is 9.27. The number of anilines is 2. The molecule has 5 atom stereocenters. The highest BCUT2D eigenvalue weighted by atomic mass is 28.4. The molecular formula is C39H45FN4O6Si. The van der Waals surface area contributed by atoms with Crippen LogP contribution in [-0.4, -0.2) is 73.5 Å². The van der Waals surface area contributed by atoms with Crippen molar-refractivity contribution in [3.63, 3.8) is 0 Å². The highest BCUT2D eigenvalue weighted by Crippen LogP contribution is 2.60. The van der Waals surface area contributed by atoms with E-state index in [4.69, 9.17) is 9.47 Å². The molecule has 0 bridgehead atoms. The fraction of sp³-hybridized carbons (Fsp3) is 0.410. The summed E-state index contributed by atoms with van der Waals surface area (Å²) >= 11 is 0. The predicted octanol–water partition coefficient (Wildman–Crippen LogP) is 6.05. The molecule has 3 amide bonds. The van der Waals surface area contributed by atoms with Gasteiger partial charge in [-0.05, 0) is 73.5 Å². The second-order valence-corrected chi connectivity index (χ2v) is 18.4. The van der Waals surface area contributed by atoms with Gasteiger partial charge < -0.3 is 38.8 Å². The first-order valence-electron chi connectivity index (χ1n) is 17.7. The lowest BCUT2D eigenvalue weighted by atomic mass is 9.82. The minimum Gasteiger partial charge on any atom is -0.497 e. The molecule has 268 valence electrons. The molecule has 3 N–H and O–H groups in total. The topological polar surface area (TPSA) is 124 Å². The largest absolute Gasteiger partial charge is 0.497 e. The fourth-order valence-corrected chi connectivity index (χ4v) is 11.2. The number of methoxy groups -OCH3 is 1. The molecule has 10 nitrogen and oxygen atoms in total. The van der Waals surface area contributed by atoms with Crippen molar-refractivity contribution in [2.75, 3.05) is 30.5 Å². The Morgan fingerprint density at radius 3 is 2.71 bits per heavy atom. The first kappa shape index (κ1) is 34.9. The Balaban J connectivity index is 1.16. The monoisotopic (exact) mass is 712 g/mol. The van der Waals surface area contributed by atoms with E-state index in [0.717, 1.165) is 34.9 Å². The molecule has 2 fully saturated rings. The number of aromatic amines is 1. The fourth-order valence-electron chi connectivity index (χ4n) is 8.74. The van der Waals surface area contributed by atoms with E-state index >= 15 is 4.11 Å². The van der Waals surface area contributed by atoms with Gasteiger partial charge in [0.2, 0.25) is 20.2 Å². The SMILES string of the molecule is COc1ccc2c(c1)[C@]1(O[C@@H](CC(=O)N3CCC[C@H]3CO)[C@H]([Si](C)(C)F)[C@H]1C)C(=O)N2Cc1cccc(NC(=O)Cc2c[nH]c3ccccc23)c1. The molecule has 1 spiro atoms. The van der Waals surface area contributed by atoms with Gasteiger partial charge in [0.1, 0.15) is 5.75 Å². The van der Waals surface area contributed by atoms with Gasteiger partial charge in [-0.1, -0.05) is 37.3 Å². The zero-order chi connectivity index (χ0) is 36.1. The molecule has 4 heterocycles. The Bertz CT molecular complexity index is 1980.